The standard InChI is InChI=1S/C17H27N3/c1-13-9-10-15(14(2)11-13)12-19-17(18-3)20-16-7-5-4-6-8-16/h9-11,16H,4-8,12H2,1-3H3,(H2,18,19,20). The van der Waals surface area contributed by atoms with E-state index in [4.69, 9.17) is 0 Å². The summed E-state index contributed by atoms with van der Waals surface area (Å²) in [6, 6.07) is 7.19. The molecule has 20 heavy (non-hydrogen) atoms. The SMILES string of the molecule is CN=C(NCc1ccc(C)cc1C)NC1CCCCC1. The number of rotatable bonds is 3. The van der Waals surface area contributed by atoms with Gasteiger partial charge in [-0.3, -0.25) is 4.99 Å². The first kappa shape index (κ1) is 14.9. The Balaban J connectivity index is 1.87. The number of nitrogens with one attached hydrogen (secondary N) is 2. The fourth-order valence-corrected chi connectivity index (χ4v) is 2.86. The van der Waals surface area contributed by atoms with Gasteiger partial charge in [0.25, 0.3) is 0 Å². The van der Waals surface area contributed by atoms with Gasteiger partial charge in [0.1, 0.15) is 0 Å². The highest BCUT2D eigenvalue weighted by Crippen LogP contribution is 2.17. The third-order valence-electron chi connectivity index (χ3n) is 4.11. The van der Waals surface area contributed by atoms with Crippen LogP contribution in [0.15, 0.2) is 23.2 Å². The molecule has 3 heteroatoms. The fourth-order valence-electron chi connectivity index (χ4n) is 2.86. The lowest BCUT2D eigenvalue weighted by atomic mass is 9.96. The summed E-state index contributed by atoms with van der Waals surface area (Å²) in [5, 5.41) is 6.98. The largest absolute Gasteiger partial charge is 0.354 e. The Bertz CT molecular complexity index is 459. The van der Waals surface area contributed by atoms with Crippen molar-refractivity contribution in [2.24, 2.45) is 4.99 Å². The van der Waals surface area contributed by atoms with Crippen LogP contribution in [0.25, 0.3) is 0 Å². The van der Waals surface area contributed by atoms with Crippen molar-refractivity contribution in [3.8, 4) is 0 Å². The highest BCUT2D eigenvalue weighted by atomic mass is 15.2. The molecule has 0 saturated heterocycles. The highest BCUT2D eigenvalue weighted by molar-refractivity contribution is 5.80. The normalized spacial score (nSPS) is 17.1. The molecule has 0 amide bonds. The van der Waals surface area contributed by atoms with Crippen molar-refractivity contribution in [2.75, 3.05) is 7.05 Å². The van der Waals surface area contributed by atoms with Crippen molar-refractivity contribution in [3.05, 3.63) is 34.9 Å². The van der Waals surface area contributed by atoms with E-state index in [0.29, 0.717) is 6.04 Å². The molecule has 1 aromatic rings. The van der Waals surface area contributed by atoms with Crippen molar-refractivity contribution in [2.45, 2.75) is 58.5 Å². The number of hydrogen-bond donors (Lipinski definition) is 2. The number of benzene rings is 1. The lowest BCUT2D eigenvalue weighted by Gasteiger charge is -2.25. The molecule has 0 spiro atoms. The van der Waals surface area contributed by atoms with E-state index in [1.54, 1.807) is 0 Å². The van der Waals surface area contributed by atoms with Crippen molar-refractivity contribution in [1.82, 2.24) is 10.6 Å². The minimum Gasteiger partial charge on any atom is -0.354 e. The molecule has 1 aliphatic rings. The second-order valence-corrected chi connectivity index (χ2v) is 5.83. The lowest BCUT2D eigenvalue weighted by Crippen LogP contribution is -2.43. The summed E-state index contributed by atoms with van der Waals surface area (Å²) in [7, 11) is 1.85. The van der Waals surface area contributed by atoms with Crippen LogP contribution in [0.5, 0.6) is 0 Å². The molecule has 0 radical (unpaired) electrons. The van der Waals surface area contributed by atoms with Crippen LogP contribution in [-0.2, 0) is 6.54 Å². The summed E-state index contributed by atoms with van der Waals surface area (Å²) in [6.45, 7) is 5.13. The van der Waals surface area contributed by atoms with Gasteiger partial charge in [-0.1, -0.05) is 43.0 Å². The summed E-state index contributed by atoms with van der Waals surface area (Å²) in [4.78, 5) is 4.34. The van der Waals surface area contributed by atoms with E-state index < -0.39 is 0 Å². The van der Waals surface area contributed by atoms with E-state index in [1.165, 1.54) is 48.8 Å². The first-order valence-corrected chi connectivity index (χ1v) is 7.72. The molecule has 1 saturated carbocycles. The summed E-state index contributed by atoms with van der Waals surface area (Å²) in [5.41, 5.74) is 3.99. The van der Waals surface area contributed by atoms with Crippen molar-refractivity contribution < 1.29 is 0 Å². The maximum absolute atomic E-state index is 4.34. The maximum Gasteiger partial charge on any atom is 0.191 e. The zero-order valence-corrected chi connectivity index (χ0v) is 13.0. The van der Waals surface area contributed by atoms with Crippen molar-refractivity contribution >= 4 is 5.96 Å². The number of hydrogen-bond acceptors (Lipinski definition) is 1. The van der Waals surface area contributed by atoms with E-state index in [2.05, 4.69) is 47.7 Å². The summed E-state index contributed by atoms with van der Waals surface area (Å²) < 4.78 is 0. The van der Waals surface area contributed by atoms with Gasteiger partial charge < -0.3 is 10.6 Å². The Labute approximate surface area is 122 Å². The monoisotopic (exact) mass is 273 g/mol. The van der Waals surface area contributed by atoms with Crippen molar-refractivity contribution in [1.29, 1.82) is 0 Å². The Morgan fingerprint density at radius 1 is 1.20 bits per heavy atom. The van der Waals surface area contributed by atoms with Crippen LogP contribution in [-0.4, -0.2) is 19.0 Å². The van der Waals surface area contributed by atoms with E-state index in [0.717, 1.165) is 12.5 Å². The second kappa shape index (κ2) is 7.32. The molecular weight excluding hydrogens is 246 g/mol. The second-order valence-electron chi connectivity index (χ2n) is 5.83. The van der Waals surface area contributed by atoms with Crippen LogP contribution < -0.4 is 10.6 Å². The number of aryl methyl sites for hydroxylation is 2. The minimum absolute atomic E-state index is 0.592. The third kappa shape index (κ3) is 4.26. The quantitative estimate of drug-likeness (QED) is 0.655. The Morgan fingerprint density at radius 2 is 1.95 bits per heavy atom. The average Bonchev–Trinajstić information content (AvgIpc) is 2.46. The zero-order chi connectivity index (χ0) is 14.4. The van der Waals surface area contributed by atoms with Crippen LogP contribution in [0.4, 0.5) is 0 Å². The van der Waals surface area contributed by atoms with Gasteiger partial charge in [-0.05, 0) is 37.8 Å². The lowest BCUT2D eigenvalue weighted by molar-refractivity contribution is 0.410. The van der Waals surface area contributed by atoms with Crippen LogP contribution in [0, 0.1) is 13.8 Å². The molecule has 110 valence electrons. The minimum atomic E-state index is 0.592. The van der Waals surface area contributed by atoms with Crippen LogP contribution >= 0.6 is 0 Å². The smallest absolute Gasteiger partial charge is 0.191 e. The van der Waals surface area contributed by atoms with Gasteiger partial charge >= 0.3 is 0 Å². The molecule has 1 fully saturated rings. The third-order valence-corrected chi connectivity index (χ3v) is 4.11. The van der Waals surface area contributed by atoms with E-state index in [-0.39, 0.29) is 0 Å². The molecule has 1 aromatic carbocycles. The number of nitrogens with zero attached hydrogens (tertiary/aromatic N) is 1. The van der Waals surface area contributed by atoms with Crippen LogP contribution in [0.1, 0.15) is 48.8 Å². The van der Waals surface area contributed by atoms with Gasteiger partial charge in [-0.25, -0.2) is 0 Å². The Morgan fingerprint density at radius 3 is 2.60 bits per heavy atom. The van der Waals surface area contributed by atoms with Crippen LogP contribution in [0.3, 0.4) is 0 Å². The van der Waals surface area contributed by atoms with Gasteiger partial charge in [0.2, 0.25) is 0 Å². The first-order valence-electron chi connectivity index (χ1n) is 7.72. The molecule has 0 bridgehead atoms. The van der Waals surface area contributed by atoms with Crippen LogP contribution in [0.2, 0.25) is 0 Å². The molecule has 0 atom stereocenters. The van der Waals surface area contributed by atoms with Gasteiger partial charge in [0, 0.05) is 19.6 Å². The van der Waals surface area contributed by atoms with E-state index in [1.807, 2.05) is 7.05 Å². The first-order chi connectivity index (χ1) is 9.69. The summed E-state index contributed by atoms with van der Waals surface area (Å²) in [6.07, 6.45) is 6.60. The molecule has 2 N–H and O–H groups in total. The van der Waals surface area contributed by atoms with Gasteiger partial charge in [0.15, 0.2) is 5.96 Å². The Hall–Kier alpha value is -1.51. The molecule has 0 aromatic heterocycles. The Kier molecular flexibility index (Phi) is 5.45. The topological polar surface area (TPSA) is 36.4 Å². The molecule has 0 unspecified atom stereocenters. The molecule has 2 rings (SSSR count). The van der Waals surface area contributed by atoms with Gasteiger partial charge in [-0.2, -0.15) is 0 Å². The van der Waals surface area contributed by atoms with Crippen molar-refractivity contribution in [3.63, 3.8) is 0 Å². The highest BCUT2D eigenvalue weighted by Gasteiger charge is 2.14. The summed E-state index contributed by atoms with van der Waals surface area (Å²) in [5.74, 6) is 0.928. The predicted octanol–water partition coefficient (Wildman–Crippen LogP) is 3.30. The number of aliphatic imine (C=N–C) groups is 1. The van der Waals surface area contributed by atoms with E-state index in [9.17, 15) is 0 Å². The molecule has 3 nitrogen and oxygen atoms in total. The predicted molar refractivity (Wildman–Crippen MR) is 86.1 cm³/mol. The van der Waals surface area contributed by atoms with Gasteiger partial charge in [-0.15, -0.1) is 0 Å². The molecule has 1 aliphatic carbocycles. The van der Waals surface area contributed by atoms with Gasteiger partial charge in [0.05, 0.1) is 0 Å². The number of guanidine groups is 1. The van der Waals surface area contributed by atoms with E-state index >= 15 is 0 Å². The average molecular weight is 273 g/mol. The fraction of sp³-hybridized carbons (Fsp3) is 0.588. The summed E-state index contributed by atoms with van der Waals surface area (Å²) >= 11 is 0. The zero-order valence-electron chi connectivity index (χ0n) is 13.0. The molecule has 0 heterocycles. The maximum atomic E-state index is 4.34. The molecular formula is C17H27N3. The molecule has 0 aliphatic heterocycles.